The third kappa shape index (κ3) is 5.43. The van der Waals surface area contributed by atoms with E-state index < -0.39 is 11.0 Å². The fourth-order valence-corrected chi connectivity index (χ4v) is 2.32. The topological polar surface area (TPSA) is 123 Å². The molecule has 0 saturated heterocycles. The fraction of sp³-hybridized carbons (Fsp3) is 0.222. The third-order valence-corrected chi connectivity index (χ3v) is 3.63. The number of ether oxygens (including phenoxy) is 1. The molecule has 9 heteroatoms. The average molecular weight is 372 g/mol. The standard InChI is InChI=1S/C18H20N4O5/c1-11(19-13-4-6-14(7-5-13)20-12(2)23)18(24)21-16-10-15(22(25)26)8-9-17(16)27-3/h4-11,19H,1-3H3,(H,20,23)(H,21,24)/t11-/m0/s1. The van der Waals surface area contributed by atoms with E-state index >= 15 is 0 Å². The lowest BCUT2D eigenvalue weighted by Crippen LogP contribution is -2.32. The molecule has 9 nitrogen and oxygen atoms in total. The molecule has 0 aliphatic carbocycles. The van der Waals surface area contributed by atoms with Gasteiger partial charge in [0.2, 0.25) is 11.8 Å². The molecule has 0 fully saturated rings. The van der Waals surface area contributed by atoms with E-state index in [4.69, 9.17) is 4.74 Å². The van der Waals surface area contributed by atoms with Crippen LogP contribution in [0.5, 0.6) is 5.75 Å². The number of nitrogens with one attached hydrogen (secondary N) is 3. The number of nitro benzene ring substituents is 1. The molecular formula is C18H20N4O5. The Morgan fingerprint density at radius 3 is 2.26 bits per heavy atom. The highest BCUT2D eigenvalue weighted by Gasteiger charge is 2.17. The minimum absolute atomic E-state index is 0.153. The van der Waals surface area contributed by atoms with Gasteiger partial charge in [0.25, 0.3) is 5.69 Å². The van der Waals surface area contributed by atoms with Gasteiger partial charge in [-0.1, -0.05) is 0 Å². The maximum absolute atomic E-state index is 12.4. The molecule has 0 bridgehead atoms. The molecule has 0 heterocycles. The molecule has 0 unspecified atom stereocenters. The van der Waals surface area contributed by atoms with Crippen molar-refractivity contribution in [1.82, 2.24) is 0 Å². The molecule has 2 aromatic rings. The van der Waals surface area contributed by atoms with Crippen LogP contribution in [0.4, 0.5) is 22.7 Å². The third-order valence-electron chi connectivity index (χ3n) is 3.63. The number of rotatable bonds is 7. The van der Waals surface area contributed by atoms with Crippen molar-refractivity contribution in [2.75, 3.05) is 23.1 Å². The van der Waals surface area contributed by atoms with E-state index in [0.29, 0.717) is 17.1 Å². The molecular weight excluding hydrogens is 352 g/mol. The average Bonchev–Trinajstić information content (AvgIpc) is 2.62. The highest BCUT2D eigenvalue weighted by Crippen LogP contribution is 2.29. The van der Waals surface area contributed by atoms with Crippen LogP contribution in [0.25, 0.3) is 0 Å². The lowest BCUT2D eigenvalue weighted by atomic mass is 10.2. The van der Waals surface area contributed by atoms with Gasteiger partial charge in [-0.05, 0) is 37.3 Å². The Kier molecular flexibility index (Phi) is 6.32. The summed E-state index contributed by atoms with van der Waals surface area (Å²) in [7, 11) is 1.41. The van der Waals surface area contributed by atoms with Crippen molar-refractivity contribution in [3.8, 4) is 5.75 Å². The zero-order valence-corrected chi connectivity index (χ0v) is 15.1. The largest absolute Gasteiger partial charge is 0.495 e. The van der Waals surface area contributed by atoms with E-state index in [1.165, 1.54) is 32.2 Å². The predicted octanol–water partition coefficient (Wildman–Crippen LogP) is 3.00. The smallest absolute Gasteiger partial charge is 0.271 e. The summed E-state index contributed by atoms with van der Waals surface area (Å²) < 4.78 is 5.13. The van der Waals surface area contributed by atoms with Crippen molar-refractivity contribution in [2.45, 2.75) is 19.9 Å². The summed E-state index contributed by atoms with van der Waals surface area (Å²) in [6, 6.07) is 10.2. The van der Waals surface area contributed by atoms with Crippen LogP contribution in [-0.4, -0.2) is 29.9 Å². The van der Waals surface area contributed by atoms with Crippen LogP contribution in [0.2, 0.25) is 0 Å². The Morgan fingerprint density at radius 1 is 1.07 bits per heavy atom. The van der Waals surface area contributed by atoms with Crippen LogP contribution in [0, 0.1) is 10.1 Å². The Hall–Kier alpha value is -3.62. The minimum atomic E-state index is -0.624. The number of methoxy groups -OCH3 is 1. The lowest BCUT2D eigenvalue weighted by molar-refractivity contribution is -0.384. The Labute approximate surface area is 155 Å². The van der Waals surface area contributed by atoms with Gasteiger partial charge in [0.1, 0.15) is 11.8 Å². The number of nitro groups is 1. The lowest BCUT2D eigenvalue weighted by Gasteiger charge is -2.17. The number of non-ortho nitro benzene ring substituents is 1. The first kappa shape index (κ1) is 19.7. The summed E-state index contributed by atoms with van der Waals surface area (Å²) >= 11 is 0. The van der Waals surface area contributed by atoms with Gasteiger partial charge in [0, 0.05) is 30.4 Å². The number of amides is 2. The number of benzene rings is 2. The number of hydrogen-bond donors (Lipinski definition) is 3. The normalized spacial score (nSPS) is 11.2. The summed E-state index contributed by atoms with van der Waals surface area (Å²) in [5.74, 6) is -0.241. The highest BCUT2D eigenvalue weighted by molar-refractivity contribution is 5.97. The first-order chi connectivity index (χ1) is 12.8. The van der Waals surface area contributed by atoms with Gasteiger partial charge >= 0.3 is 0 Å². The van der Waals surface area contributed by atoms with Crippen LogP contribution in [0.3, 0.4) is 0 Å². The van der Waals surface area contributed by atoms with Crippen LogP contribution >= 0.6 is 0 Å². The zero-order valence-electron chi connectivity index (χ0n) is 15.1. The second-order valence-electron chi connectivity index (χ2n) is 5.76. The molecule has 0 aliphatic rings. The van der Waals surface area contributed by atoms with Crippen LogP contribution in [-0.2, 0) is 9.59 Å². The SMILES string of the molecule is COc1ccc([N+](=O)[O-])cc1NC(=O)[C@H](C)Nc1ccc(NC(C)=O)cc1. The molecule has 0 saturated carbocycles. The minimum Gasteiger partial charge on any atom is -0.495 e. The monoisotopic (exact) mass is 372 g/mol. The Morgan fingerprint density at radius 2 is 1.70 bits per heavy atom. The van der Waals surface area contributed by atoms with Gasteiger partial charge in [-0.15, -0.1) is 0 Å². The molecule has 0 aliphatic heterocycles. The summed E-state index contributed by atoms with van der Waals surface area (Å²) in [6.07, 6.45) is 0. The summed E-state index contributed by atoms with van der Waals surface area (Å²) in [4.78, 5) is 33.8. The number of anilines is 3. The fourth-order valence-electron chi connectivity index (χ4n) is 2.32. The maximum atomic E-state index is 12.4. The first-order valence-electron chi connectivity index (χ1n) is 8.07. The first-order valence-corrected chi connectivity index (χ1v) is 8.07. The van der Waals surface area contributed by atoms with Crippen molar-refractivity contribution in [2.24, 2.45) is 0 Å². The highest BCUT2D eigenvalue weighted by atomic mass is 16.6. The van der Waals surface area contributed by atoms with E-state index in [1.807, 2.05) is 0 Å². The number of carbonyl (C=O) groups is 2. The molecule has 3 N–H and O–H groups in total. The molecule has 0 radical (unpaired) electrons. The van der Waals surface area contributed by atoms with Gasteiger partial charge in [0.15, 0.2) is 0 Å². The quantitative estimate of drug-likeness (QED) is 0.507. The van der Waals surface area contributed by atoms with E-state index in [9.17, 15) is 19.7 Å². The Bertz CT molecular complexity index is 851. The second-order valence-corrected chi connectivity index (χ2v) is 5.76. The summed E-state index contributed by atoms with van der Waals surface area (Å²) in [5, 5.41) is 19.2. The van der Waals surface area contributed by atoms with Gasteiger partial charge in [0.05, 0.1) is 17.7 Å². The summed E-state index contributed by atoms with van der Waals surface area (Å²) in [5.41, 5.74) is 1.39. The molecule has 1 atom stereocenters. The van der Waals surface area contributed by atoms with Gasteiger partial charge in [-0.3, -0.25) is 19.7 Å². The van der Waals surface area contributed by atoms with Crippen molar-refractivity contribution >= 4 is 34.6 Å². The number of nitrogens with zero attached hydrogens (tertiary/aromatic N) is 1. The molecule has 2 aromatic carbocycles. The second kappa shape index (κ2) is 8.65. The summed E-state index contributed by atoms with van der Waals surface area (Å²) in [6.45, 7) is 3.07. The van der Waals surface area contributed by atoms with Gasteiger partial charge < -0.3 is 20.7 Å². The van der Waals surface area contributed by atoms with Crippen LogP contribution in [0.1, 0.15) is 13.8 Å². The van der Waals surface area contributed by atoms with Crippen molar-refractivity contribution in [1.29, 1.82) is 0 Å². The van der Waals surface area contributed by atoms with E-state index in [2.05, 4.69) is 16.0 Å². The van der Waals surface area contributed by atoms with Gasteiger partial charge in [-0.2, -0.15) is 0 Å². The molecule has 2 rings (SSSR count). The zero-order chi connectivity index (χ0) is 20.0. The van der Waals surface area contributed by atoms with E-state index in [1.54, 1.807) is 31.2 Å². The van der Waals surface area contributed by atoms with Crippen molar-refractivity contribution < 1.29 is 19.2 Å². The van der Waals surface area contributed by atoms with Crippen molar-refractivity contribution in [3.63, 3.8) is 0 Å². The van der Waals surface area contributed by atoms with Gasteiger partial charge in [-0.25, -0.2) is 0 Å². The maximum Gasteiger partial charge on any atom is 0.271 e. The number of carbonyl (C=O) groups excluding carboxylic acids is 2. The Balaban J connectivity index is 2.06. The van der Waals surface area contributed by atoms with Crippen molar-refractivity contribution in [3.05, 3.63) is 52.6 Å². The van der Waals surface area contributed by atoms with Crippen LogP contribution < -0.4 is 20.7 Å². The van der Waals surface area contributed by atoms with E-state index in [0.717, 1.165) is 0 Å². The van der Waals surface area contributed by atoms with E-state index in [-0.39, 0.29) is 23.2 Å². The molecule has 27 heavy (non-hydrogen) atoms. The molecule has 142 valence electrons. The molecule has 2 amide bonds. The molecule has 0 aromatic heterocycles. The van der Waals surface area contributed by atoms with Crippen LogP contribution in [0.15, 0.2) is 42.5 Å². The predicted molar refractivity (Wildman–Crippen MR) is 102 cm³/mol. The number of hydrogen-bond acceptors (Lipinski definition) is 6. The molecule has 0 spiro atoms.